The van der Waals surface area contributed by atoms with Gasteiger partial charge in [-0.2, -0.15) is 0 Å². The Morgan fingerprint density at radius 1 is 1.26 bits per heavy atom. The Morgan fingerprint density at radius 3 is 2.47 bits per heavy atom. The van der Waals surface area contributed by atoms with Gasteiger partial charge in [-0.3, -0.25) is 4.79 Å². The van der Waals surface area contributed by atoms with Crippen LogP contribution in [0.3, 0.4) is 0 Å². The number of ether oxygens (including phenoxy) is 1. The van der Waals surface area contributed by atoms with Gasteiger partial charge >= 0.3 is 0 Å². The van der Waals surface area contributed by atoms with Crippen molar-refractivity contribution in [2.24, 2.45) is 0 Å². The maximum atomic E-state index is 9.00. The number of carbonyl (C=O) groups is 1. The Labute approximate surface area is 114 Å². The molecule has 1 atom stereocenters. The van der Waals surface area contributed by atoms with Gasteiger partial charge in [0.05, 0.1) is 7.11 Å². The summed E-state index contributed by atoms with van der Waals surface area (Å²) in [4.78, 5) is 9.00. The highest BCUT2D eigenvalue weighted by Gasteiger charge is 2.12. The third kappa shape index (κ3) is 6.25. The Morgan fingerprint density at radius 2 is 1.89 bits per heavy atom. The summed E-state index contributed by atoms with van der Waals surface area (Å²) >= 11 is 0. The monoisotopic (exact) mass is 265 g/mol. The molecule has 0 aromatic heterocycles. The van der Waals surface area contributed by atoms with Crippen LogP contribution in [-0.4, -0.2) is 24.7 Å². The van der Waals surface area contributed by atoms with Crippen molar-refractivity contribution in [2.45, 2.75) is 38.6 Å². The van der Waals surface area contributed by atoms with Crippen LogP contribution in [0.25, 0.3) is 0 Å². The average Bonchev–Trinajstić information content (AvgIpc) is 2.67. The fraction of sp³-hybridized carbons (Fsp3) is 0.533. The van der Waals surface area contributed by atoms with E-state index in [0.717, 1.165) is 19.2 Å². The highest BCUT2D eigenvalue weighted by molar-refractivity contribution is 5.62. The molecule has 0 spiro atoms. The SMILES string of the molecule is CC(=O)O.COc1ccc(C2CCCCCN2)cc1. The molecule has 2 rings (SSSR count). The summed E-state index contributed by atoms with van der Waals surface area (Å²) in [5.41, 5.74) is 1.39. The normalized spacial score (nSPS) is 18.7. The molecule has 1 unspecified atom stereocenters. The van der Waals surface area contributed by atoms with Gasteiger partial charge in [0.2, 0.25) is 0 Å². The van der Waals surface area contributed by atoms with Gasteiger partial charge < -0.3 is 15.2 Å². The van der Waals surface area contributed by atoms with Crippen LogP contribution < -0.4 is 10.1 Å². The molecule has 4 nitrogen and oxygen atoms in total. The van der Waals surface area contributed by atoms with Crippen molar-refractivity contribution in [3.8, 4) is 5.75 Å². The van der Waals surface area contributed by atoms with E-state index in [0.29, 0.717) is 6.04 Å². The highest BCUT2D eigenvalue weighted by atomic mass is 16.5. The summed E-state index contributed by atoms with van der Waals surface area (Å²) in [6.45, 7) is 2.23. The summed E-state index contributed by atoms with van der Waals surface area (Å²) in [5, 5.41) is 11.0. The van der Waals surface area contributed by atoms with Crippen molar-refractivity contribution < 1.29 is 14.6 Å². The smallest absolute Gasteiger partial charge is 0.300 e. The second-order valence-electron chi connectivity index (χ2n) is 4.65. The van der Waals surface area contributed by atoms with Gasteiger partial charge in [0.25, 0.3) is 5.97 Å². The van der Waals surface area contributed by atoms with Crippen LogP contribution in [0.2, 0.25) is 0 Å². The molecule has 0 radical (unpaired) electrons. The lowest BCUT2D eigenvalue weighted by Crippen LogP contribution is -2.20. The minimum absolute atomic E-state index is 0.540. The van der Waals surface area contributed by atoms with E-state index in [1.165, 1.54) is 31.2 Å². The third-order valence-corrected chi connectivity index (χ3v) is 3.08. The summed E-state index contributed by atoms with van der Waals surface area (Å²) < 4.78 is 5.16. The van der Waals surface area contributed by atoms with Crippen molar-refractivity contribution in [3.05, 3.63) is 29.8 Å². The summed E-state index contributed by atoms with van der Waals surface area (Å²) in [7, 11) is 1.71. The van der Waals surface area contributed by atoms with Crippen LogP contribution >= 0.6 is 0 Å². The predicted molar refractivity (Wildman–Crippen MR) is 75.5 cm³/mol. The van der Waals surface area contributed by atoms with Gasteiger partial charge in [-0.25, -0.2) is 0 Å². The van der Waals surface area contributed by atoms with Crippen molar-refractivity contribution in [1.82, 2.24) is 5.32 Å². The molecule has 1 aliphatic heterocycles. The summed E-state index contributed by atoms with van der Waals surface area (Å²) in [6, 6.07) is 8.96. The molecule has 4 heteroatoms. The first-order chi connectivity index (χ1) is 9.13. The second kappa shape index (κ2) is 8.53. The maximum Gasteiger partial charge on any atom is 0.300 e. The molecule has 0 aliphatic carbocycles. The molecule has 0 saturated carbocycles. The molecule has 1 saturated heterocycles. The number of rotatable bonds is 2. The standard InChI is InChI=1S/C13H19NO.C2H4O2/c1-15-12-8-6-11(7-9-12)13-5-3-2-4-10-14-13;1-2(3)4/h6-9,13-14H,2-5,10H2,1H3;1H3,(H,3,4). The van der Waals surface area contributed by atoms with Crippen LogP contribution in [0.15, 0.2) is 24.3 Å². The molecule has 19 heavy (non-hydrogen) atoms. The topological polar surface area (TPSA) is 58.6 Å². The maximum absolute atomic E-state index is 9.00. The second-order valence-corrected chi connectivity index (χ2v) is 4.65. The minimum Gasteiger partial charge on any atom is -0.497 e. The lowest BCUT2D eigenvalue weighted by atomic mass is 10.0. The van der Waals surface area contributed by atoms with E-state index >= 15 is 0 Å². The molecule has 2 N–H and O–H groups in total. The van der Waals surface area contributed by atoms with Gasteiger partial charge in [0.15, 0.2) is 0 Å². The lowest BCUT2D eigenvalue weighted by molar-refractivity contribution is -0.134. The fourth-order valence-electron chi connectivity index (χ4n) is 2.15. The van der Waals surface area contributed by atoms with Crippen LogP contribution in [0.4, 0.5) is 0 Å². The van der Waals surface area contributed by atoms with Gasteiger partial charge in [-0.05, 0) is 37.1 Å². The minimum atomic E-state index is -0.833. The molecule has 106 valence electrons. The molecular weight excluding hydrogens is 242 g/mol. The third-order valence-electron chi connectivity index (χ3n) is 3.08. The van der Waals surface area contributed by atoms with Gasteiger partial charge in [0.1, 0.15) is 5.75 Å². The number of hydrogen-bond donors (Lipinski definition) is 2. The number of benzene rings is 1. The van der Waals surface area contributed by atoms with Crippen LogP contribution in [0, 0.1) is 0 Å². The fourth-order valence-corrected chi connectivity index (χ4v) is 2.15. The van der Waals surface area contributed by atoms with E-state index < -0.39 is 5.97 Å². The largest absolute Gasteiger partial charge is 0.497 e. The Hall–Kier alpha value is -1.55. The van der Waals surface area contributed by atoms with E-state index in [1.807, 2.05) is 12.1 Å². The van der Waals surface area contributed by atoms with Gasteiger partial charge in [-0.15, -0.1) is 0 Å². The van der Waals surface area contributed by atoms with E-state index in [1.54, 1.807) is 7.11 Å². The number of aliphatic carboxylic acids is 1. The molecule has 1 aromatic carbocycles. The molecule has 1 aromatic rings. The Balaban J connectivity index is 0.000000399. The molecule has 1 heterocycles. The summed E-state index contributed by atoms with van der Waals surface area (Å²) in [5.74, 6) is 0.104. The highest BCUT2D eigenvalue weighted by Crippen LogP contribution is 2.24. The van der Waals surface area contributed by atoms with E-state index in [4.69, 9.17) is 14.6 Å². The first-order valence-corrected chi connectivity index (χ1v) is 6.70. The molecule has 1 fully saturated rings. The van der Waals surface area contributed by atoms with Crippen molar-refractivity contribution in [1.29, 1.82) is 0 Å². The predicted octanol–water partition coefficient (Wildman–Crippen LogP) is 2.99. The first-order valence-electron chi connectivity index (χ1n) is 6.70. The quantitative estimate of drug-likeness (QED) is 0.863. The Bertz CT molecular complexity index is 363. The molecule has 1 aliphatic rings. The van der Waals surface area contributed by atoms with E-state index in [9.17, 15) is 0 Å². The first kappa shape index (κ1) is 15.5. The molecule has 0 bridgehead atoms. The zero-order valence-electron chi connectivity index (χ0n) is 11.7. The van der Waals surface area contributed by atoms with Crippen molar-refractivity contribution >= 4 is 5.97 Å². The van der Waals surface area contributed by atoms with E-state index in [-0.39, 0.29) is 0 Å². The zero-order valence-corrected chi connectivity index (χ0v) is 11.7. The van der Waals surface area contributed by atoms with Crippen LogP contribution in [0.5, 0.6) is 5.75 Å². The van der Waals surface area contributed by atoms with Gasteiger partial charge in [0, 0.05) is 13.0 Å². The average molecular weight is 265 g/mol. The zero-order chi connectivity index (χ0) is 14.1. The van der Waals surface area contributed by atoms with Crippen molar-refractivity contribution in [2.75, 3.05) is 13.7 Å². The molecular formula is C15H23NO3. The Kier molecular flexibility index (Phi) is 6.97. The number of carboxylic acid groups (broad SMARTS) is 1. The van der Waals surface area contributed by atoms with E-state index in [2.05, 4.69) is 17.4 Å². The number of nitrogens with one attached hydrogen (secondary N) is 1. The van der Waals surface area contributed by atoms with Crippen LogP contribution in [0.1, 0.15) is 44.2 Å². The van der Waals surface area contributed by atoms with Crippen molar-refractivity contribution in [3.63, 3.8) is 0 Å². The number of hydrogen-bond acceptors (Lipinski definition) is 3. The number of methoxy groups -OCH3 is 1. The lowest BCUT2D eigenvalue weighted by Gasteiger charge is -2.16. The summed E-state index contributed by atoms with van der Waals surface area (Å²) in [6.07, 6.45) is 5.27. The van der Waals surface area contributed by atoms with Crippen LogP contribution in [-0.2, 0) is 4.79 Å². The number of carboxylic acids is 1. The molecule has 0 amide bonds. The van der Waals surface area contributed by atoms with Gasteiger partial charge in [-0.1, -0.05) is 25.0 Å².